The maximum Gasteiger partial charge on any atom is 0.328 e. The predicted molar refractivity (Wildman–Crippen MR) is 116 cm³/mol. The van der Waals surface area contributed by atoms with E-state index in [1.807, 2.05) is 62.4 Å². The fraction of sp³-hybridized carbons (Fsp3) is 0.348. The summed E-state index contributed by atoms with van der Waals surface area (Å²) in [6.07, 6.45) is 0.329. The molecule has 1 atom stereocenters. The van der Waals surface area contributed by atoms with Crippen molar-refractivity contribution in [3.8, 4) is 0 Å². The van der Waals surface area contributed by atoms with E-state index in [0.29, 0.717) is 6.42 Å². The molecule has 0 unspecified atom stereocenters. The molecule has 2 rings (SSSR count). The molecule has 0 saturated heterocycles. The van der Waals surface area contributed by atoms with Gasteiger partial charge in [0.05, 0.1) is 20.2 Å². The topological polar surface area (TPSA) is 87.7 Å². The lowest BCUT2D eigenvalue weighted by atomic mass is 10.1. The van der Waals surface area contributed by atoms with Crippen LogP contribution in [0.25, 0.3) is 0 Å². The van der Waals surface area contributed by atoms with Crippen LogP contribution in [0.3, 0.4) is 0 Å². The number of rotatable bonds is 9. The summed E-state index contributed by atoms with van der Waals surface area (Å²) in [4.78, 5) is 38.5. The van der Waals surface area contributed by atoms with Crippen LogP contribution in [0.15, 0.2) is 48.5 Å². The highest BCUT2D eigenvalue weighted by Gasteiger charge is 2.23. The van der Waals surface area contributed by atoms with Crippen molar-refractivity contribution >= 4 is 23.5 Å². The van der Waals surface area contributed by atoms with Crippen molar-refractivity contribution in [1.82, 2.24) is 10.2 Å². The standard InChI is InChI=1S/C23H29N3O4/c1-16-9-8-10-17(2)22(16)25-21(28)15-26(3)14-20(27)24-19(23(29)30-4)13-18-11-6-5-7-12-18/h5-12,19H,13-15H2,1-4H3,(H,24,27)(H,25,28)/t19-/m1/s1. The molecule has 0 aliphatic rings. The van der Waals surface area contributed by atoms with E-state index in [4.69, 9.17) is 4.74 Å². The first-order valence-corrected chi connectivity index (χ1v) is 9.76. The fourth-order valence-electron chi connectivity index (χ4n) is 3.16. The minimum absolute atomic E-state index is 0.0253. The number of benzene rings is 2. The maximum atomic E-state index is 12.4. The number of hydrogen-bond donors (Lipinski definition) is 2. The summed E-state index contributed by atoms with van der Waals surface area (Å²) in [5, 5.41) is 5.60. The highest BCUT2D eigenvalue weighted by atomic mass is 16.5. The third kappa shape index (κ3) is 7.00. The number of likely N-dealkylation sites (N-methyl/N-ethyl adjacent to an activating group) is 1. The van der Waals surface area contributed by atoms with E-state index in [0.717, 1.165) is 22.4 Å². The first kappa shape index (κ1) is 23.1. The minimum atomic E-state index is -0.790. The molecule has 0 aliphatic carbocycles. The van der Waals surface area contributed by atoms with Gasteiger partial charge >= 0.3 is 5.97 Å². The first-order valence-electron chi connectivity index (χ1n) is 9.76. The molecule has 0 radical (unpaired) electrons. The number of esters is 1. The maximum absolute atomic E-state index is 12.4. The Morgan fingerprint density at radius 1 is 0.933 bits per heavy atom. The van der Waals surface area contributed by atoms with Crippen LogP contribution >= 0.6 is 0 Å². The van der Waals surface area contributed by atoms with Crippen LogP contribution in [-0.2, 0) is 25.5 Å². The van der Waals surface area contributed by atoms with Crippen molar-refractivity contribution in [2.45, 2.75) is 26.3 Å². The Morgan fingerprint density at radius 2 is 1.53 bits per heavy atom. The Morgan fingerprint density at radius 3 is 2.13 bits per heavy atom. The lowest BCUT2D eigenvalue weighted by Gasteiger charge is -2.20. The van der Waals surface area contributed by atoms with Gasteiger partial charge in [-0.15, -0.1) is 0 Å². The van der Waals surface area contributed by atoms with Crippen LogP contribution in [0.1, 0.15) is 16.7 Å². The van der Waals surface area contributed by atoms with Gasteiger partial charge in [0.1, 0.15) is 6.04 Å². The molecule has 0 bridgehead atoms. The minimum Gasteiger partial charge on any atom is -0.467 e. The molecule has 0 fully saturated rings. The van der Waals surface area contributed by atoms with E-state index in [9.17, 15) is 14.4 Å². The Kier molecular flexibility index (Phi) is 8.55. The van der Waals surface area contributed by atoms with Gasteiger partial charge in [0.15, 0.2) is 0 Å². The monoisotopic (exact) mass is 411 g/mol. The Balaban J connectivity index is 1.90. The lowest BCUT2D eigenvalue weighted by molar-refractivity contribution is -0.145. The number of nitrogens with zero attached hydrogens (tertiary/aromatic N) is 1. The molecule has 2 N–H and O–H groups in total. The van der Waals surface area contributed by atoms with E-state index < -0.39 is 12.0 Å². The van der Waals surface area contributed by atoms with Crippen molar-refractivity contribution in [1.29, 1.82) is 0 Å². The van der Waals surface area contributed by atoms with Crippen LogP contribution in [0.5, 0.6) is 0 Å². The number of amides is 2. The van der Waals surface area contributed by atoms with Gasteiger partial charge in [0.2, 0.25) is 11.8 Å². The van der Waals surface area contributed by atoms with E-state index in [2.05, 4.69) is 10.6 Å². The zero-order chi connectivity index (χ0) is 22.1. The summed E-state index contributed by atoms with van der Waals surface area (Å²) in [6.45, 7) is 3.88. The van der Waals surface area contributed by atoms with Gasteiger partial charge in [0.25, 0.3) is 0 Å². The van der Waals surface area contributed by atoms with Crippen LogP contribution in [0.2, 0.25) is 0 Å². The summed E-state index contributed by atoms with van der Waals surface area (Å²) in [6, 6.07) is 14.4. The van der Waals surface area contributed by atoms with Gasteiger partial charge in [-0.05, 0) is 37.6 Å². The molecule has 160 valence electrons. The summed E-state index contributed by atoms with van der Waals surface area (Å²) in [5.74, 6) is -1.08. The summed E-state index contributed by atoms with van der Waals surface area (Å²) >= 11 is 0. The molecule has 2 aromatic carbocycles. The SMILES string of the molecule is COC(=O)[C@@H](Cc1ccccc1)NC(=O)CN(C)CC(=O)Nc1c(C)cccc1C. The van der Waals surface area contributed by atoms with Crippen LogP contribution < -0.4 is 10.6 Å². The fourth-order valence-corrected chi connectivity index (χ4v) is 3.16. The zero-order valence-corrected chi connectivity index (χ0v) is 17.9. The third-order valence-corrected chi connectivity index (χ3v) is 4.68. The zero-order valence-electron chi connectivity index (χ0n) is 17.9. The number of carbonyl (C=O) groups is 3. The molecule has 2 aromatic rings. The largest absolute Gasteiger partial charge is 0.467 e. The quantitative estimate of drug-likeness (QED) is 0.617. The number of ether oxygens (including phenoxy) is 1. The number of methoxy groups -OCH3 is 1. The van der Waals surface area contributed by atoms with E-state index in [1.165, 1.54) is 7.11 Å². The van der Waals surface area contributed by atoms with Crippen LogP contribution in [0.4, 0.5) is 5.69 Å². The number of hydrogen-bond acceptors (Lipinski definition) is 5. The number of carbonyl (C=O) groups excluding carboxylic acids is 3. The van der Waals surface area contributed by atoms with Gasteiger partial charge in [-0.2, -0.15) is 0 Å². The predicted octanol–water partition coefficient (Wildman–Crippen LogP) is 2.07. The lowest BCUT2D eigenvalue weighted by Crippen LogP contribution is -2.47. The second kappa shape index (κ2) is 11.1. The average molecular weight is 412 g/mol. The van der Waals surface area contributed by atoms with Crippen molar-refractivity contribution in [3.05, 3.63) is 65.2 Å². The van der Waals surface area contributed by atoms with Crippen molar-refractivity contribution in [2.75, 3.05) is 32.6 Å². The second-order valence-electron chi connectivity index (χ2n) is 7.32. The molecule has 2 amide bonds. The molecule has 7 heteroatoms. The Hall–Kier alpha value is -3.19. The molecule has 7 nitrogen and oxygen atoms in total. The highest BCUT2D eigenvalue weighted by Crippen LogP contribution is 2.19. The average Bonchev–Trinajstić information content (AvgIpc) is 2.70. The van der Waals surface area contributed by atoms with E-state index >= 15 is 0 Å². The smallest absolute Gasteiger partial charge is 0.328 e. The van der Waals surface area contributed by atoms with Gasteiger partial charge in [-0.1, -0.05) is 48.5 Å². The molecule has 0 heterocycles. The molecule has 0 saturated carbocycles. The van der Waals surface area contributed by atoms with Crippen molar-refractivity contribution < 1.29 is 19.1 Å². The number of anilines is 1. The first-order chi connectivity index (χ1) is 14.3. The molecular weight excluding hydrogens is 382 g/mol. The number of para-hydroxylation sites is 1. The number of aryl methyl sites for hydroxylation is 2. The summed E-state index contributed by atoms with van der Waals surface area (Å²) < 4.78 is 4.81. The molecule has 30 heavy (non-hydrogen) atoms. The summed E-state index contributed by atoms with van der Waals surface area (Å²) in [7, 11) is 2.96. The Labute approximate surface area is 177 Å². The van der Waals surface area contributed by atoms with Crippen molar-refractivity contribution in [2.24, 2.45) is 0 Å². The third-order valence-electron chi connectivity index (χ3n) is 4.68. The van der Waals surface area contributed by atoms with Gasteiger partial charge in [-0.25, -0.2) is 4.79 Å². The van der Waals surface area contributed by atoms with Crippen LogP contribution in [-0.4, -0.2) is 56.0 Å². The highest BCUT2D eigenvalue weighted by molar-refractivity contribution is 5.94. The molecular formula is C23H29N3O4. The van der Waals surface area contributed by atoms with Crippen LogP contribution in [0, 0.1) is 13.8 Å². The molecule has 0 aromatic heterocycles. The van der Waals surface area contributed by atoms with Crippen molar-refractivity contribution in [3.63, 3.8) is 0 Å². The van der Waals surface area contributed by atoms with E-state index in [1.54, 1.807) is 11.9 Å². The summed E-state index contributed by atoms with van der Waals surface area (Å²) in [5.41, 5.74) is 3.65. The van der Waals surface area contributed by atoms with Gasteiger partial charge in [0, 0.05) is 12.1 Å². The molecule has 0 aliphatic heterocycles. The van der Waals surface area contributed by atoms with Gasteiger partial charge in [-0.3, -0.25) is 14.5 Å². The Bertz CT molecular complexity index is 863. The van der Waals surface area contributed by atoms with E-state index in [-0.39, 0.29) is 24.9 Å². The normalized spacial score (nSPS) is 11.6. The van der Waals surface area contributed by atoms with Gasteiger partial charge < -0.3 is 15.4 Å². The second-order valence-corrected chi connectivity index (χ2v) is 7.32. The molecule has 0 spiro atoms. The number of nitrogens with one attached hydrogen (secondary N) is 2.